The first-order valence-corrected chi connectivity index (χ1v) is 8.21. The minimum Gasteiger partial charge on any atom is -0.207 e. The molecule has 2 rings (SSSR count). The van der Waals surface area contributed by atoms with Crippen molar-refractivity contribution in [1.82, 2.24) is 4.72 Å². The van der Waals surface area contributed by atoms with Crippen molar-refractivity contribution in [3.8, 4) is 0 Å². The van der Waals surface area contributed by atoms with Crippen LogP contribution < -0.4 is 4.72 Å². The fourth-order valence-electron chi connectivity index (χ4n) is 2.10. The zero-order valence-electron chi connectivity index (χ0n) is 12.0. The molecule has 2 aromatic rings. The smallest absolute Gasteiger partial charge is 0.207 e. The molecule has 0 spiro atoms. The van der Waals surface area contributed by atoms with Gasteiger partial charge in [0, 0.05) is 6.04 Å². The second kappa shape index (κ2) is 6.37. The van der Waals surface area contributed by atoms with Gasteiger partial charge in [-0.3, -0.25) is 0 Å². The molecule has 0 aromatic heterocycles. The minimum atomic E-state index is -3.69. The summed E-state index contributed by atoms with van der Waals surface area (Å²) in [5.41, 5.74) is 0.901. The first-order chi connectivity index (χ1) is 9.90. The van der Waals surface area contributed by atoms with Gasteiger partial charge in [0.1, 0.15) is 5.82 Å². The Bertz CT molecular complexity index is 682. The number of benzene rings is 2. The number of nitrogens with one attached hydrogen (secondary N) is 1. The van der Waals surface area contributed by atoms with Gasteiger partial charge in [0.25, 0.3) is 0 Å². The predicted octanol–water partition coefficient (Wildman–Crippen LogP) is 3.50. The minimum absolute atomic E-state index is 0.0606. The highest BCUT2D eigenvalue weighted by Crippen LogP contribution is 2.24. The molecular formula is C16H18FNO2S. The van der Waals surface area contributed by atoms with Crippen molar-refractivity contribution in [3.63, 3.8) is 0 Å². The lowest BCUT2D eigenvalue weighted by atomic mass is 9.97. The normalized spacial score (nSPS) is 13.3. The molecule has 5 heteroatoms. The van der Waals surface area contributed by atoms with E-state index >= 15 is 0 Å². The highest BCUT2D eigenvalue weighted by molar-refractivity contribution is 7.89. The lowest BCUT2D eigenvalue weighted by Crippen LogP contribution is -2.31. The van der Waals surface area contributed by atoms with Crippen LogP contribution in [0.2, 0.25) is 0 Å². The Labute approximate surface area is 124 Å². The van der Waals surface area contributed by atoms with Gasteiger partial charge < -0.3 is 0 Å². The van der Waals surface area contributed by atoms with E-state index in [1.54, 1.807) is 0 Å². The summed E-state index contributed by atoms with van der Waals surface area (Å²) in [6.45, 7) is 3.90. The summed E-state index contributed by atoms with van der Waals surface area (Å²) in [4.78, 5) is 0.0606. The SMILES string of the molecule is CC(C)C(NS(=O)(=O)c1ccc(F)cc1)c1ccccc1. The monoisotopic (exact) mass is 307 g/mol. The molecule has 1 N–H and O–H groups in total. The molecule has 0 aliphatic carbocycles. The largest absolute Gasteiger partial charge is 0.241 e. The number of hydrogen-bond donors (Lipinski definition) is 1. The van der Waals surface area contributed by atoms with Crippen LogP contribution in [-0.2, 0) is 10.0 Å². The van der Waals surface area contributed by atoms with E-state index in [0.29, 0.717) is 0 Å². The van der Waals surface area contributed by atoms with E-state index in [2.05, 4.69) is 4.72 Å². The Hall–Kier alpha value is -1.72. The number of halogens is 1. The maximum atomic E-state index is 12.9. The zero-order chi connectivity index (χ0) is 15.5. The standard InChI is InChI=1S/C16H18FNO2S/c1-12(2)16(13-6-4-3-5-7-13)18-21(19,20)15-10-8-14(17)9-11-15/h3-12,16,18H,1-2H3. The van der Waals surface area contributed by atoms with Crippen LogP contribution in [-0.4, -0.2) is 8.42 Å². The van der Waals surface area contributed by atoms with Crippen LogP contribution in [0.15, 0.2) is 59.5 Å². The van der Waals surface area contributed by atoms with Crippen molar-refractivity contribution < 1.29 is 12.8 Å². The summed E-state index contributed by atoms with van der Waals surface area (Å²) in [6, 6.07) is 13.9. The summed E-state index contributed by atoms with van der Waals surface area (Å²) in [5, 5.41) is 0. The second-order valence-electron chi connectivity index (χ2n) is 5.21. The van der Waals surface area contributed by atoms with Crippen LogP contribution in [0.3, 0.4) is 0 Å². The molecule has 0 saturated heterocycles. The van der Waals surface area contributed by atoms with Crippen LogP contribution in [0.4, 0.5) is 4.39 Å². The van der Waals surface area contributed by atoms with Crippen LogP contribution in [0.5, 0.6) is 0 Å². The molecule has 0 saturated carbocycles. The van der Waals surface area contributed by atoms with Crippen molar-refractivity contribution in [3.05, 3.63) is 66.0 Å². The topological polar surface area (TPSA) is 46.2 Å². The van der Waals surface area contributed by atoms with Crippen LogP contribution in [0.25, 0.3) is 0 Å². The second-order valence-corrected chi connectivity index (χ2v) is 6.92. The third-order valence-corrected chi connectivity index (χ3v) is 4.69. The van der Waals surface area contributed by atoms with Crippen molar-refractivity contribution >= 4 is 10.0 Å². The molecule has 0 fully saturated rings. The summed E-state index contributed by atoms with van der Waals surface area (Å²) < 4.78 is 40.4. The quantitative estimate of drug-likeness (QED) is 0.919. The van der Waals surface area contributed by atoms with E-state index in [4.69, 9.17) is 0 Å². The maximum Gasteiger partial charge on any atom is 0.241 e. The van der Waals surface area contributed by atoms with Gasteiger partial charge in [-0.1, -0.05) is 44.2 Å². The van der Waals surface area contributed by atoms with Gasteiger partial charge in [-0.25, -0.2) is 17.5 Å². The third kappa shape index (κ3) is 3.89. The molecule has 2 aromatic carbocycles. The van der Waals surface area contributed by atoms with Crippen molar-refractivity contribution in [2.24, 2.45) is 5.92 Å². The number of hydrogen-bond acceptors (Lipinski definition) is 2. The molecule has 0 aliphatic heterocycles. The molecule has 0 heterocycles. The van der Waals surface area contributed by atoms with Gasteiger partial charge in [-0.15, -0.1) is 0 Å². The summed E-state index contributed by atoms with van der Waals surface area (Å²) in [7, 11) is -3.69. The Morgan fingerprint density at radius 1 is 0.952 bits per heavy atom. The van der Waals surface area contributed by atoms with Gasteiger partial charge in [0.05, 0.1) is 4.90 Å². The molecule has 112 valence electrons. The molecule has 0 radical (unpaired) electrons. The fourth-order valence-corrected chi connectivity index (χ4v) is 3.47. The average molecular weight is 307 g/mol. The summed E-state index contributed by atoms with van der Waals surface area (Å²) in [5.74, 6) is -0.375. The maximum absolute atomic E-state index is 12.9. The van der Waals surface area contributed by atoms with Crippen LogP contribution in [0, 0.1) is 11.7 Å². The Morgan fingerprint density at radius 2 is 1.52 bits per heavy atom. The highest BCUT2D eigenvalue weighted by atomic mass is 32.2. The Balaban J connectivity index is 2.30. The van der Waals surface area contributed by atoms with Gasteiger partial charge in [-0.2, -0.15) is 0 Å². The predicted molar refractivity (Wildman–Crippen MR) is 80.7 cm³/mol. The van der Waals surface area contributed by atoms with Crippen LogP contribution >= 0.6 is 0 Å². The Kier molecular flexibility index (Phi) is 4.75. The van der Waals surface area contributed by atoms with E-state index in [1.807, 2.05) is 44.2 Å². The lowest BCUT2D eigenvalue weighted by molar-refractivity contribution is 0.463. The van der Waals surface area contributed by atoms with Gasteiger partial charge in [0.2, 0.25) is 10.0 Å². The molecule has 1 unspecified atom stereocenters. The highest BCUT2D eigenvalue weighted by Gasteiger charge is 2.23. The van der Waals surface area contributed by atoms with Crippen molar-refractivity contribution in [1.29, 1.82) is 0 Å². The van der Waals surface area contributed by atoms with Gasteiger partial charge >= 0.3 is 0 Å². The first kappa shape index (κ1) is 15.7. The zero-order valence-corrected chi connectivity index (χ0v) is 12.8. The van der Waals surface area contributed by atoms with E-state index < -0.39 is 15.8 Å². The summed E-state index contributed by atoms with van der Waals surface area (Å²) in [6.07, 6.45) is 0. The molecule has 1 atom stereocenters. The molecule has 21 heavy (non-hydrogen) atoms. The molecule has 0 aliphatic rings. The Morgan fingerprint density at radius 3 is 2.05 bits per heavy atom. The summed E-state index contributed by atoms with van der Waals surface area (Å²) >= 11 is 0. The van der Waals surface area contributed by atoms with E-state index in [0.717, 1.165) is 17.7 Å². The first-order valence-electron chi connectivity index (χ1n) is 6.73. The van der Waals surface area contributed by atoms with Gasteiger partial charge in [-0.05, 0) is 35.7 Å². The van der Waals surface area contributed by atoms with Crippen LogP contribution in [0.1, 0.15) is 25.5 Å². The molecule has 0 bridgehead atoms. The average Bonchev–Trinajstić information content (AvgIpc) is 2.46. The lowest BCUT2D eigenvalue weighted by Gasteiger charge is -2.22. The number of rotatable bonds is 5. The molecular weight excluding hydrogens is 289 g/mol. The van der Waals surface area contributed by atoms with E-state index in [-0.39, 0.29) is 16.9 Å². The fraction of sp³-hybridized carbons (Fsp3) is 0.250. The van der Waals surface area contributed by atoms with E-state index in [1.165, 1.54) is 12.1 Å². The van der Waals surface area contributed by atoms with Gasteiger partial charge in [0.15, 0.2) is 0 Å². The number of sulfonamides is 1. The molecule has 3 nitrogen and oxygen atoms in total. The van der Waals surface area contributed by atoms with E-state index in [9.17, 15) is 12.8 Å². The third-order valence-electron chi connectivity index (χ3n) is 3.23. The van der Waals surface area contributed by atoms with Crippen molar-refractivity contribution in [2.45, 2.75) is 24.8 Å². The van der Waals surface area contributed by atoms with Crippen molar-refractivity contribution in [2.75, 3.05) is 0 Å². The molecule has 0 amide bonds.